The number of aliphatic hydroxyl groups excluding tert-OH is 1. The number of hydrogen-bond acceptors (Lipinski definition) is 12. The molecule has 0 aliphatic carbocycles. The lowest BCUT2D eigenvalue weighted by molar-refractivity contribution is -0.142. The van der Waals surface area contributed by atoms with E-state index in [0.717, 1.165) is 27.3 Å². The van der Waals surface area contributed by atoms with Crippen molar-refractivity contribution in [3.05, 3.63) is 118 Å². The molecule has 3 saturated heterocycles. The number of aromatic nitrogens is 3. The maximum absolute atomic E-state index is 14.4. The number of carbonyl (C=O) groups is 4. The Morgan fingerprint density at radius 1 is 0.942 bits per heavy atom. The van der Waals surface area contributed by atoms with Gasteiger partial charge in [-0.3, -0.25) is 19.2 Å². The molecule has 0 unspecified atom stereocenters. The number of anilines is 3. The first kappa shape index (κ1) is 48.6. The Balaban J connectivity index is 0.912. The number of β-amino-alcohol motifs (C(OH)–C–C–N with tert-alkyl or cyclic N) is 1. The number of pyridine rings is 2. The number of amides is 4. The van der Waals surface area contributed by atoms with E-state index in [9.17, 15) is 38.3 Å². The number of aryl methyl sites for hydroxylation is 1. The molecule has 18 heteroatoms. The molecule has 15 nitrogen and oxygen atoms in total. The zero-order valence-electron chi connectivity index (χ0n) is 39.2. The van der Waals surface area contributed by atoms with Crippen LogP contribution in [0.25, 0.3) is 10.4 Å². The van der Waals surface area contributed by atoms with Gasteiger partial charge in [0.2, 0.25) is 11.8 Å². The summed E-state index contributed by atoms with van der Waals surface area (Å²) in [5.74, 6) is -3.43. The zero-order chi connectivity index (χ0) is 49.2. The van der Waals surface area contributed by atoms with E-state index in [1.165, 1.54) is 17.2 Å². The standard InChI is InChI=1S/C51H56F2N10O5S/c1-30(33-9-11-35(12-10-33)44-31(2)56-29-69-44)57-47(66)40-25-39(64)27-63(40)49(68)45(50(3,4)5)60-46(65)36-7-6-8-37(22-36)48(67)61-18-14-34(15-19-61)38-23-42(58-41-21-32(26-54)13-17-55-41)59-43(24-38)62-20-16-51(52,53)28-62/h6-13,17,21-24,29-30,34,39-40,45,64H,14-16,18-20,25,27-28H2,1-5H3,(H,57,66)(H,60,65)(H,55,58,59)/t30-,39+,40-,45+/m0/s1. The molecular formula is C51H56F2N10O5S. The summed E-state index contributed by atoms with van der Waals surface area (Å²) < 4.78 is 28.7. The lowest BCUT2D eigenvalue weighted by atomic mass is 9.85. The number of benzene rings is 2. The average Bonchev–Trinajstić information content (AvgIpc) is 4.06. The van der Waals surface area contributed by atoms with E-state index in [-0.39, 0.29) is 43.3 Å². The van der Waals surface area contributed by atoms with E-state index in [1.54, 1.807) is 77.8 Å². The Morgan fingerprint density at radius 2 is 1.68 bits per heavy atom. The van der Waals surface area contributed by atoms with Gasteiger partial charge in [0.15, 0.2) is 0 Å². The summed E-state index contributed by atoms with van der Waals surface area (Å²) in [5.41, 5.74) is 5.57. The fourth-order valence-corrected chi connectivity index (χ4v) is 10.1. The molecule has 3 aromatic heterocycles. The molecule has 0 bridgehead atoms. The molecule has 6 heterocycles. The quantitative estimate of drug-likeness (QED) is 0.0975. The SMILES string of the molecule is Cc1ncsc1-c1ccc([C@H](C)NC(=O)[C@@H]2C[C@@H](O)CN2C(=O)[C@@H](NC(=O)c2cccc(C(=O)N3CCC(c4cc(Nc5cc(C#N)ccn5)nc(N5CCC(F)(F)C5)c4)CC3)c2)C(C)(C)C)cc1. The molecule has 5 aromatic rings. The van der Waals surface area contributed by atoms with Crippen LogP contribution in [-0.2, 0) is 9.59 Å². The van der Waals surface area contributed by atoms with E-state index < -0.39 is 59.8 Å². The fourth-order valence-electron chi connectivity index (χ4n) is 9.25. The van der Waals surface area contributed by atoms with Gasteiger partial charge in [-0.25, -0.2) is 23.7 Å². The lowest BCUT2D eigenvalue weighted by Gasteiger charge is -2.35. The number of rotatable bonds is 12. The molecule has 4 N–H and O–H groups in total. The predicted molar refractivity (Wildman–Crippen MR) is 258 cm³/mol. The number of alkyl halides is 2. The highest BCUT2D eigenvalue weighted by atomic mass is 32.1. The Hall–Kier alpha value is -6.84. The molecular weight excluding hydrogens is 903 g/mol. The van der Waals surface area contributed by atoms with Gasteiger partial charge in [0.05, 0.1) is 46.4 Å². The third-order valence-electron chi connectivity index (χ3n) is 13.1. The molecule has 69 heavy (non-hydrogen) atoms. The topological polar surface area (TPSA) is 197 Å². The van der Waals surface area contributed by atoms with Crippen molar-refractivity contribution < 1.29 is 33.1 Å². The van der Waals surface area contributed by atoms with Crippen LogP contribution >= 0.6 is 11.3 Å². The summed E-state index contributed by atoms with van der Waals surface area (Å²) in [7, 11) is 0. The van der Waals surface area contributed by atoms with Gasteiger partial charge in [-0.15, -0.1) is 11.3 Å². The Kier molecular flexibility index (Phi) is 14.1. The minimum atomic E-state index is -2.83. The molecule has 2 aromatic carbocycles. The Bertz CT molecular complexity index is 2770. The third-order valence-corrected chi connectivity index (χ3v) is 14.1. The van der Waals surface area contributed by atoms with Gasteiger partial charge in [-0.2, -0.15) is 5.26 Å². The normalized spacial score (nSPS) is 19.1. The summed E-state index contributed by atoms with van der Waals surface area (Å²) >= 11 is 1.56. The molecule has 3 fully saturated rings. The largest absolute Gasteiger partial charge is 0.391 e. The molecule has 4 amide bonds. The number of piperidine rings is 1. The number of aliphatic hydroxyl groups is 1. The maximum atomic E-state index is 14.4. The van der Waals surface area contributed by atoms with Crippen molar-refractivity contribution in [3.8, 4) is 16.5 Å². The third kappa shape index (κ3) is 11.2. The van der Waals surface area contributed by atoms with E-state index >= 15 is 0 Å². The van der Waals surface area contributed by atoms with Crippen molar-refractivity contribution >= 4 is 52.4 Å². The highest BCUT2D eigenvalue weighted by Gasteiger charge is 2.45. The first-order valence-corrected chi connectivity index (χ1v) is 24.0. The Morgan fingerprint density at radius 3 is 2.35 bits per heavy atom. The second-order valence-corrected chi connectivity index (χ2v) is 20.1. The van der Waals surface area contributed by atoms with E-state index in [1.807, 2.05) is 50.2 Å². The highest BCUT2D eigenvalue weighted by molar-refractivity contribution is 7.13. The van der Waals surface area contributed by atoms with Gasteiger partial charge >= 0.3 is 0 Å². The summed E-state index contributed by atoms with van der Waals surface area (Å²) in [4.78, 5) is 75.2. The van der Waals surface area contributed by atoms with Crippen LogP contribution in [0.3, 0.4) is 0 Å². The van der Waals surface area contributed by atoms with Crippen LogP contribution in [0, 0.1) is 23.7 Å². The van der Waals surface area contributed by atoms with Gasteiger partial charge in [-0.1, -0.05) is 51.1 Å². The van der Waals surface area contributed by atoms with Crippen LogP contribution in [0.5, 0.6) is 0 Å². The second-order valence-electron chi connectivity index (χ2n) is 19.3. The van der Waals surface area contributed by atoms with Crippen molar-refractivity contribution in [2.45, 2.75) is 96.4 Å². The molecule has 4 atom stereocenters. The number of nitriles is 1. The van der Waals surface area contributed by atoms with Crippen LogP contribution < -0.4 is 20.9 Å². The van der Waals surface area contributed by atoms with Crippen LogP contribution in [0.15, 0.2) is 84.5 Å². The number of nitrogens with zero attached hydrogens (tertiary/aromatic N) is 7. The van der Waals surface area contributed by atoms with E-state index in [0.29, 0.717) is 54.5 Å². The van der Waals surface area contributed by atoms with Gasteiger partial charge < -0.3 is 35.8 Å². The van der Waals surface area contributed by atoms with Crippen molar-refractivity contribution in [2.75, 3.05) is 42.9 Å². The molecule has 0 radical (unpaired) electrons. The van der Waals surface area contributed by atoms with Crippen LogP contribution in [0.4, 0.5) is 26.2 Å². The van der Waals surface area contributed by atoms with Crippen molar-refractivity contribution in [1.82, 2.24) is 35.4 Å². The number of thiazole rings is 1. The smallest absolute Gasteiger partial charge is 0.266 e. The first-order valence-electron chi connectivity index (χ1n) is 23.1. The van der Waals surface area contributed by atoms with Gasteiger partial charge in [0.1, 0.15) is 29.5 Å². The number of halogens is 2. The fraction of sp³-hybridized carbons (Fsp3) is 0.412. The summed E-state index contributed by atoms with van der Waals surface area (Å²) in [6, 6.07) is 20.7. The number of carbonyl (C=O) groups excluding carboxylic acids is 4. The minimum Gasteiger partial charge on any atom is -0.391 e. The van der Waals surface area contributed by atoms with Gasteiger partial charge in [0.25, 0.3) is 17.7 Å². The summed E-state index contributed by atoms with van der Waals surface area (Å²) in [5, 5.41) is 29.2. The number of likely N-dealkylation sites (tertiary alicyclic amines) is 2. The van der Waals surface area contributed by atoms with Crippen molar-refractivity contribution in [1.29, 1.82) is 5.26 Å². The van der Waals surface area contributed by atoms with Crippen molar-refractivity contribution in [2.24, 2.45) is 5.41 Å². The summed E-state index contributed by atoms with van der Waals surface area (Å²) in [6.45, 7) is 9.64. The lowest BCUT2D eigenvalue weighted by Crippen LogP contribution is -2.57. The van der Waals surface area contributed by atoms with Crippen LogP contribution in [0.2, 0.25) is 0 Å². The van der Waals surface area contributed by atoms with E-state index in [2.05, 4.69) is 37.0 Å². The van der Waals surface area contributed by atoms with Gasteiger partial charge in [0, 0.05) is 56.3 Å². The minimum absolute atomic E-state index is 0.0238. The first-order chi connectivity index (χ1) is 32.8. The molecule has 3 aliphatic rings. The molecule has 360 valence electrons. The molecule has 8 rings (SSSR count). The number of nitrogens with one attached hydrogen (secondary N) is 3. The predicted octanol–water partition coefficient (Wildman–Crippen LogP) is 7.37. The summed E-state index contributed by atoms with van der Waals surface area (Å²) in [6.07, 6.45) is 1.48. The molecule has 3 aliphatic heterocycles. The van der Waals surface area contributed by atoms with E-state index in [4.69, 9.17) is 0 Å². The molecule has 0 saturated carbocycles. The zero-order valence-corrected chi connectivity index (χ0v) is 40.0. The number of hydrogen-bond donors (Lipinski definition) is 4. The monoisotopic (exact) mass is 958 g/mol. The molecule has 0 spiro atoms. The Labute approximate surface area is 404 Å². The highest BCUT2D eigenvalue weighted by Crippen LogP contribution is 2.36. The van der Waals surface area contributed by atoms with Crippen LogP contribution in [-0.4, -0.2) is 110 Å². The van der Waals surface area contributed by atoms with Crippen molar-refractivity contribution in [3.63, 3.8) is 0 Å². The van der Waals surface area contributed by atoms with Crippen LogP contribution in [0.1, 0.15) is 108 Å². The maximum Gasteiger partial charge on any atom is 0.266 e. The average molecular weight is 959 g/mol. The second kappa shape index (κ2) is 20.0. The van der Waals surface area contributed by atoms with Gasteiger partial charge in [-0.05, 0) is 97.2 Å².